The Kier molecular flexibility index (Phi) is 3.96. The number of nitrogens with zero attached hydrogens (tertiary/aromatic N) is 2. The van der Waals surface area contributed by atoms with Crippen molar-refractivity contribution in [1.82, 2.24) is 9.78 Å². The Morgan fingerprint density at radius 1 is 1.38 bits per heavy atom. The quantitative estimate of drug-likeness (QED) is 0.734. The molecule has 1 amide bonds. The summed E-state index contributed by atoms with van der Waals surface area (Å²) < 4.78 is 24.2. The van der Waals surface area contributed by atoms with Gasteiger partial charge in [0, 0.05) is 11.9 Å². The third-order valence-corrected chi connectivity index (χ3v) is 3.89. The van der Waals surface area contributed by atoms with E-state index in [1.165, 1.54) is 16.8 Å². The van der Waals surface area contributed by atoms with E-state index in [2.05, 4.69) is 10.4 Å². The number of benzene rings is 1. The molecule has 0 aliphatic carbocycles. The van der Waals surface area contributed by atoms with E-state index >= 15 is 0 Å². The molecule has 0 radical (unpaired) electrons. The average molecular weight is 309 g/mol. The van der Waals surface area contributed by atoms with Crippen LogP contribution in [0.15, 0.2) is 35.4 Å². The zero-order chi connectivity index (χ0) is 15.6. The Morgan fingerprint density at radius 2 is 2.10 bits per heavy atom. The second-order valence-electron chi connectivity index (χ2n) is 4.46. The lowest BCUT2D eigenvalue weighted by atomic mass is 10.2. The van der Waals surface area contributed by atoms with E-state index in [-0.39, 0.29) is 17.3 Å². The number of anilines is 2. The predicted molar refractivity (Wildman–Crippen MR) is 77.8 cm³/mol. The van der Waals surface area contributed by atoms with Crippen LogP contribution in [0.25, 0.3) is 0 Å². The van der Waals surface area contributed by atoms with Gasteiger partial charge in [-0.3, -0.25) is 9.48 Å². The highest BCUT2D eigenvalue weighted by molar-refractivity contribution is 7.89. The van der Waals surface area contributed by atoms with Gasteiger partial charge >= 0.3 is 0 Å². The van der Waals surface area contributed by atoms with E-state index in [0.29, 0.717) is 17.1 Å². The van der Waals surface area contributed by atoms with Gasteiger partial charge in [0.15, 0.2) is 0 Å². The highest BCUT2D eigenvalue weighted by Gasteiger charge is 2.15. The van der Waals surface area contributed by atoms with Gasteiger partial charge in [0.25, 0.3) is 0 Å². The van der Waals surface area contributed by atoms with Crippen molar-refractivity contribution in [2.24, 2.45) is 5.14 Å². The molecule has 1 heterocycles. The number of nitrogen functional groups attached to an aromatic ring is 1. The summed E-state index contributed by atoms with van der Waals surface area (Å²) >= 11 is 0. The van der Waals surface area contributed by atoms with Gasteiger partial charge in [-0.15, -0.1) is 0 Å². The molecular formula is C12H15N5O3S. The van der Waals surface area contributed by atoms with Crippen molar-refractivity contribution in [1.29, 1.82) is 0 Å². The van der Waals surface area contributed by atoms with Crippen LogP contribution in [-0.2, 0) is 21.4 Å². The highest BCUT2D eigenvalue weighted by atomic mass is 32.2. The second-order valence-corrected chi connectivity index (χ2v) is 5.99. The third-order valence-electron chi connectivity index (χ3n) is 2.83. The fourth-order valence-electron chi connectivity index (χ4n) is 1.86. The first-order chi connectivity index (χ1) is 9.77. The summed E-state index contributed by atoms with van der Waals surface area (Å²) in [5.41, 5.74) is 6.22. The lowest BCUT2D eigenvalue weighted by molar-refractivity contribution is -0.116. The number of amides is 1. The Labute approximate surface area is 121 Å². The number of rotatable bonds is 4. The van der Waals surface area contributed by atoms with E-state index in [1.54, 1.807) is 25.3 Å². The molecule has 112 valence electrons. The molecule has 0 aliphatic rings. The molecule has 0 bridgehead atoms. The Balaban J connectivity index is 2.18. The van der Waals surface area contributed by atoms with E-state index in [0.717, 1.165) is 0 Å². The summed E-state index contributed by atoms with van der Waals surface area (Å²) in [5, 5.41) is 11.6. The Morgan fingerprint density at radius 3 is 2.67 bits per heavy atom. The van der Waals surface area contributed by atoms with Crippen molar-refractivity contribution < 1.29 is 13.2 Å². The number of sulfonamides is 1. The summed E-state index contributed by atoms with van der Waals surface area (Å²) in [6.07, 6.45) is 1.57. The van der Waals surface area contributed by atoms with Gasteiger partial charge in [0.1, 0.15) is 12.4 Å². The Bertz CT molecular complexity index is 782. The topological polar surface area (TPSA) is 133 Å². The molecule has 21 heavy (non-hydrogen) atoms. The summed E-state index contributed by atoms with van der Waals surface area (Å²) in [4.78, 5) is 11.9. The highest BCUT2D eigenvalue weighted by Crippen LogP contribution is 2.21. The minimum Gasteiger partial charge on any atom is -0.382 e. The molecule has 5 N–H and O–H groups in total. The Hall–Kier alpha value is -2.39. The van der Waals surface area contributed by atoms with Crippen molar-refractivity contribution in [3.8, 4) is 0 Å². The second kappa shape index (κ2) is 5.54. The molecule has 0 spiro atoms. The molecule has 0 saturated carbocycles. The maximum atomic E-state index is 11.9. The largest absolute Gasteiger partial charge is 0.382 e. The molecular weight excluding hydrogens is 294 g/mol. The maximum Gasteiger partial charge on any atom is 0.246 e. The first-order valence-electron chi connectivity index (χ1n) is 5.98. The van der Waals surface area contributed by atoms with E-state index in [9.17, 15) is 13.2 Å². The van der Waals surface area contributed by atoms with Crippen LogP contribution < -0.4 is 16.2 Å². The number of nitrogens with one attached hydrogen (secondary N) is 1. The average Bonchev–Trinajstić information content (AvgIpc) is 2.75. The van der Waals surface area contributed by atoms with Gasteiger partial charge in [-0.1, -0.05) is 6.07 Å². The van der Waals surface area contributed by atoms with Crippen molar-refractivity contribution >= 4 is 27.4 Å². The van der Waals surface area contributed by atoms with Gasteiger partial charge in [-0.05, 0) is 30.7 Å². The minimum atomic E-state index is -3.83. The summed E-state index contributed by atoms with van der Waals surface area (Å²) in [6.45, 7) is 1.54. The molecule has 0 saturated heterocycles. The molecule has 8 nitrogen and oxygen atoms in total. The molecule has 2 aromatic rings. The van der Waals surface area contributed by atoms with Crippen LogP contribution in [-0.4, -0.2) is 24.1 Å². The van der Waals surface area contributed by atoms with Crippen LogP contribution in [0.2, 0.25) is 0 Å². The number of primary sulfonamides is 1. The monoisotopic (exact) mass is 309 g/mol. The first kappa shape index (κ1) is 15.0. The standard InChI is InChI=1S/C12H15N5O3S/c1-8-9(3-2-4-10(8)21(14,19)20)15-12(18)7-17-6-5-11(13)16-17/h2-6H,7H2,1H3,(H2,13,16)(H,15,18)(H2,14,19,20). The number of aromatic nitrogens is 2. The molecule has 0 fully saturated rings. The van der Waals surface area contributed by atoms with Crippen LogP contribution in [0.3, 0.4) is 0 Å². The summed E-state index contributed by atoms with van der Waals surface area (Å²) in [7, 11) is -3.83. The fraction of sp³-hybridized carbons (Fsp3) is 0.167. The predicted octanol–water partition coefficient (Wildman–Crippen LogP) is 0.0598. The lowest BCUT2D eigenvalue weighted by Gasteiger charge is -2.11. The number of hydrogen-bond acceptors (Lipinski definition) is 5. The lowest BCUT2D eigenvalue weighted by Crippen LogP contribution is -2.21. The van der Waals surface area contributed by atoms with Gasteiger partial charge in [0.2, 0.25) is 15.9 Å². The van der Waals surface area contributed by atoms with Crippen LogP contribution in [0.4, 0.5) is 11.5 Å². The van der Waals surface area contributed by atoms with Crippen LogP contribution in [0, 0.1) is 6.92 Å². The van der Waals surface area contributed by atoms with E-state index in [4.69, 9.17) is 10.9 Å². The van der Waals surface area contributed by atoms with Gasteiger partial charge in [-0.25, -0.2) is 13.6 Å². The number of nitrogens with two attached hydrogens (primary N) is 2. The summed E-state index contributed by atoms with van der Waals surface area (Å²) in [6, 6.07) is 6.06. The number of carbonyl (C=O) groups excluding carboxylic acids is 1. The van der Waals surface area contributed by atoms with E-state index in [1.807, 2.05) is 0 Å². The smallest absolute Gasteiger partial charge is 0.246 e. The molecule has 0 unspecified atom stereocenters. The number of carbonyl (C=O) groups is 1. The molecule has 0 aliphatic heterocycles. The van der Waals surface area contributed by atoms with Crippen LogP contribution in [0.1, 0.15) is 5.56 Å². The molecule has 2 rings (SSSR count). The zero-order valence-electron chi connectivity index (χ0n) is 11.3. The van der Waals surface area contributed by atoms with Crippen molar-refractivity contribution in [2.45, 2.75) is 18.4 Å². The van der Waals surface area contributed by atoms with Gasteiger partial charge < -0.3 is 11.1 Å². The fourth-order valence-corrected chi connectivity index (χ4v) is 2.67. The number of hydrogen-bond donors (Lipinski definition) is 3. The normalized spacial score (nSPS) is 11.3. The van der Waals surface area contributed by atoms with Crippen molar-refractivity contribution in [2.75, 3.05) is 11.1 Å². The first-order valence-corrected chi connectivity index (χ1v) is 7.53. The van der Waals surface area contributed by atoms with Gasteiger partial charge in [-0.2, -0.15) is 5.10 Å². The van der Waals surface area contributed by atoms with Crippen molar-refractivity contribution in [3.05, 3.63) is 36.0 Å². The third kappa shape index (κ3) is 3.58. The molecule has 9 heteroatoms. The maximum absolute atomic E-state index is 11.9. The minimum absolute atomic E-state index is 0.0244. The van der Waals surface area contributed by atoms with Crippen molar-refractivity contribution in [3.63, 3.8) is 0 Å². The molecule has 1 aromatic carbocycles. The summed E-state index contributed by atoms with van der Waals surface area (Å²) in [5.74, 6) is -0.0389. The van der Waals surface area contributed by atoms with E-state index < -0.39 is 10.0 Å². The van der Waals surface area contributed by atoms with Crippen LogP contribution in [0.5, 0.6) is 0 Å². The molecule has 0 atom stereocenters. The molecule has 1 aromatic heterocycles. The SMILES string of the molecule is Cc1c(NC(=O)Cn2ccc(N)n2)cccc1S(N)(=O)=O. The zero-order valence-corrected chi connectivity index (χ0v) is 12.1. The van der Waals surface area contributed by atoms with Crippen LogP contribution >= 0.6 is 0 Å². The van der Waals surface area contributed by atoms with Gasteiger partial charge in [0.05, 0.1) is 4.90 Å².